The summed E-state index contributed by atoms with van der Waals surface area (Å²) in [6, 6.07) is 18.6. The van der Waals surface area contributed by atoms with Crippen LogP contribution in [0.4, 0.5) is 11.4 Å². The first-order valence-electron chi connectivity index (χ1n) is 9.34. The van der Waals surface area contributed by atoms with Crippen LogP contribution in [0.2, 0.25) is 10.0 Å². The predicted molar refractivity (Wildman–Crippen MR) is 127 cm³/mol. The average molecular weight is 484 g/mol. The Kier molecular flexibility index (Phi) is 6.70. The molecule has 32 heavy (non-hydrogen) atoms. The normalized spacial score (nSPS) is 10.4. The molecule has 160 valence electrons. The van der Waals surface area contributed by atoms with Crippen molar-refractivity contribution in [2.75, 3.05) is 10.6 Å². The zero-order valence-corrected chi connectivity index (χ0v) is 18.7. The Balaban J connectivity index is 1.50. The van der Waals surface area contributed by atoms with E-state index in [0.29, 0.717) is 32.6 Å². The molecular weight excluding hydrogens is 469 g/mol. The second kappa shape index (κ2) is 9.82. The monoisotopic (exact) mass is 483 g/mol. The van der Waals surface area contributed by atoms with Crippen molar-refractivity contribution in [2.24, 2.45) is 0 Å². The van der Waals surface area contributed by atoms with E-state index in [1.54, 1.807) is 60.7 Å². The van der Waals surface area contributed by atoms with Crippen LogP contribution < -0.4 is 15.4 Å². The Morgan fingerprint density at radius 3 is 2.53 bits per heavy atom. The molecular formula is C23H15Cl2N3O3S. The summed E-state index contributed by atoms with van der Waals surface area (Å²) in [6.07, 6.45) is 1.42. The van der Waals surface area contributed by atoms with Gasteiger partial charge in [-0.1, -0.05) is 47.5 Å². The minimum Gasteiger partial charge on any atom is -0.435 e. The maximum atomic E-state index is 12.9. The van der Waals surface area contributed by atoms with Crippen molar-refractivity contribution in [2.45, 2.75) is 0 Å². The number of anilines is 2. The number of rotatable bonds is 6. The van der Waals surface area contributed by atoms with E-state index in [1.165, 1.54) is 23.6 Å². The molecule has 0 bridgehead atoms. The van der Waals surface area contributed by atoms with Crippen molar-refractivity contribution in [3.05, 3.63) is 98.8 Å². The van der Waals surface area contributed by atoms with Crippen molar-refractivity contribution < 1.29 is 14.3 Å². The molecule has 4 rings (SSSR count). The van der Waals surface area contributed by atoms with E-state index in [-0.39, 0.29) is 22.7 Å². The number of thiophene rings is 1. The van der Waals surface area contributed by atoms with Gasteiger partial charge >= 0.3 is 0 Å². The second-order valence-corrected chi connectivity index (χ2v) is 8.30. The lowest BCUT2D eigenvalue weighted by atomic mass is 10.1. The molecule has 0 aliphatic heterocycles. The van der Waals surface area contributed by atoms with Crippen LogP contribution in [-0.2, 0) is 0 Å². The van der Waals surface area contributed by atoms with Gasteiger partial charge in [0.05, 0.1) is 15.6 Å². The molecule has 0 saturated heterocycles. The van der Waals surface area contributed by atoms with Crippen molar-refractivity contribution in [3.8, 4) is 11.6 Å². The molecule has 6 nitrogen and oxygen atoms in total. The van der Waals surface area contributed by atoms with E-state index in [9.17, 15) is 9.59 Å². The third-order valence-corrected chi connectivity index (χ3v) is 5.59. The highest BCUT2D eigenvalue weighted by Gasteiger charge is 2.14. The number of nitrogens with one attached hydrogen (secondary N) is 2. The van der Waals surface area contributed by atoms with Crippen LogP contribution in [0.15, 0.2) is 78.3 Å². The molecule has 2 N–H and O–H groups in total. The van der Waals surface area contributed by atoms with Gasteiger partial charge < -0.3 is 15.4 Å². The topological polar surface area (TPSA) is 80.3 Å². The molecule has 0 unspecified atom stereocenters. The van der Waals surface area contributed by atoms with Crippen molar-refractivity contribution in [1.29, 1.82) is 0 Å². The van der Waals surface area contributed by atoms with Gasteiger partial charge in [-0.05, 0) is 47.8 Å². The molecule has 0 radical (unpaired) electrons. The summed E-state index contributed by atoms with van der Waals surface area (Å²) in [5.41, 5.74) is 1.31. The number of ether oxygens (including phenoxy) is 1. The average Bonchev–Trinajstić information content (AvgIpc) is 3.32. The molecule has 2 heterocycles. The number of carbonyl (C=O) groups is 2. The highest BCUT2D eigenvalue weighted by atomic mass is 35.5. The number of carbonyl (C=O) groups excluding carboxylic acids is 2. The molecule has 0 aliphatic rings. The van der Waals surface area contributed by atoms with E-state index in [4.69, 9.17) is 27.9 Å². The Morgan fingerprint density at radius 2 is 1.75 bits per heavy atom. The van der Waals surface area contributed by atoms with Gasteiger partial charge in [0, 0.05) is 17.4 Å². The number of benzene rings is 2. The Morgan fingerprint density at radius 1 is 0.906 bits per heavy atom. The van der Waals surface area contributed by atoms with Crippen molar-refractivity contribution >= 4 is 57.7 Å². The SMILES string of the molecule is O=C(Nc1ccccc1Oc1ncc(Cl)cc1Cl)c1cccc(NC(=O)c2cccs2)c1. The van der Waals surface area contributed by atoms with Gasteiger partial charge in [-0.3, -0.25) is 9.59 Å². The van der Waals surface area contributed by atoms with Gasteiger partial charge in [0.2, 0.25) is 5.88 Å². The zero-order valence-electron chi connectivity index (χ0n) is 16.3. The van der Waals surface area contributed by atoms with E-state index in [1.807, 2.05) is 5.38 Å². The van der Waals surface area contributed by atoms with Gasteiger partial charge in [-0.25, -0.2) is 4.98 Å². The molecule has 2 aromatic heterocycles. The standard InChI is InChI=1S/C23H15Cl2N3O3S/c24-15-12-17(25)23(26-13-15)31-19-8-2-1-7-18(19)28-21(29)14-5-3-6-16(11-14)27-22(30)20-9-4-10-32-20/h1-13H,(H,27,30)(H,28,29). The third-order valence-electron chi connectivity index (χ3n) is 4.24. The fourth-order valence-electron chi connectivity index (χ4n) is 2.77. The summed E-state index contributed by atoms with van der Waals surface area (Å²) in [4.78, 5) is 29.8. The quantitative estimate of drug-likeness (QED) is 0.317. The van der Waals surface area contributed by atoms with Gasteiger partial charge in [0.1, 0.15) is 5.02 Å². The minimum atomic E-state index is -0.372. The summed E-state index contributed by atoms with van der Waals surface area (Å²) in [7, 11) is 0. The molecule has 0 aliphatic carbocycles. The summed E-state index contributed by atoms with van der Waals surface area (Å²) in [5.74, 6) is -0.0807. The maximum Gasteiger partial charge on any atom is 0.265 e. The van der Waals surface area contributed by atoms with E-state index in [0.717, 1.165) is 0 Å². The lowest BCUT2D eigenvalue weighted by Gasteiger charge is -2.13. The molecule has 0 saturated carbocycles. The van der Waals surface area contributed by atoms with E-state index < -0.39 is 0 Å². The molecule has 0 fully saturated rings. The van der Waals surface area contributed by atoms with Crippen LogP contribution in [-0.4, -0.2) is 16.8 Å². The summed E-state index contributed by atoms with van der Waals surface area (Å²) >= 11 is 13.4. The highest BCUT2D eigenvalue weighted by molar-refractivity contribution is 7.12. The number of hydrogen-bond donors (Lipinski definition) is 2. The highest BCUT2D eigenvalue weighted by Crippen LogP contribution is 2.33. The van der Waals surface area contributed by atoms with Crippen LogP contribution >= 0.6 is 34.5 Å². The molecule has 2 aromatic carbocycles. The van der Waals surface area contributed by atoms with Crippen LogP contribution in [0.5, 0.6) is 11.6 Å². The lowest BCUT2D eigenvalue weighted by Crippen LogP contribution is -2.14. The maximum absolute atomic E-state index is 12.9. The Bertz CT molecular complexity index is 1280. The number of halogens is 2. The Labute approximate surface area is 197 Å². The molecule has 9 heteroatoms. The Hall–Kier alpha value is -3.39. The first-order chi connectivity index (χ1) is 15.5. The molecule has 4 aromatic rings. The first-order valence-corrected chi connectivity index (χ1v) is 11.0. The zero-order chi connectivity index (χ0) is 22.5. The smallest absolute Gasteiger partial charge is 0.265 e. The number of pyridine rings is 1. The molecule has 0 spiro atoms. The summed E-state index contributed by atoms with van der Waals surface area (Å²) in [6.45, 7) is 0. The van der Waals surface area contributed by atoms with Gasteiger partial charge in [0.15, 0.2) is 5.75 Å². The van der Waals surface area contributed by atoms with Gasteiger partial charge in [0.25, 0.3) is 11.8 Å². The lowest BCUT2D eigenvalue weighted by molar-refractivity contribution is 0.101. The fourth-order valence-corrected chi connectivity index (χ4v) is 3.81. The molecule has 0 atom stereocenters. The first kappa shape index (κ1) is 21.8. The van der Waals surface area contributed by atoms with E-state index in [2.05, 4.69) is 15.6 Å². The van der Waals surface area contributed by atoms with Crippen LogP contribution in [0.25, 0.3) is 0 Å². The predicted octanol–water partition coefficient (Wildman–Crippen LogP) is 6.75. The van der Waals surface area contributed by atoms with Gasteiger partial charge in [-0.2, -0.15) is 0 Å². The van der Waals surface area contributed by atoms with Crippen LogP contribution in [0.3, 0.4) is 0 Å². The van der Waals surface area contributed by atoms with Crippen LogP contribution in [0, 0.1) is 0 Å². The summed E-state index contributed by atoms with van der Waals surface area (Å²) < 4.78 is 5.78. The van der Waals surface area contributed by atoms with Crippen molar-refractivity contribution in [3.63, 3.8) is 0 Å². The number of aromatic nitrogens is 1. The number of hydrogen-bond acceptors (Lipinski definition) is 5. The third kappa shape index (κ3) is 5.26. The second-order valence-electron chi connectivity index (χ2n) is 6.51. The number of nitrogens with zero attached hydrogens (tertiary/aromatic N) is 1. The van der Waals surface area contributed by atoms with Crippen molar-refractivity contribution in [1.82, 2.24) is 4.98 Å². The van der Waals surface area contributed by atoms with E-state index >= 15 is 0 Å². The fraction of sp³-hybridized carbons (Fsp3) is 0. The number of para-hydroxylation sites is 2. The molecule has 2 amide bonds. The van der Waals surface area contributed by atoms with Gasteiger partial charge in [-0.15, -0.1) is 11.3 Å². The minimum absolute atomic E-state index is 0.163. The number of amides is 2. The summed E-state index contributed by atoms with van der Waals surface area (Å²) in [5, 5.41) is 8.06. The van der Waals surface area contributed by atoms with Crippen LogP contribution in [0.1, 0.15) is 20.0 Å². The largest absolute Gasteiger partial charge is 0.435 e.